The predicted molar refractivity (Wildman–Crippen MR) is 151 cm³/mol. The van der Waals surface area contributed by atoms with Crippen LogP contribution in [-0.2, 0) is 33.3 Å². The first kappa shape index (κ1) is 34.4. The molecule has 0 aromatic carbocycles. The zero-order valence-electron chi connectivity index (χ0n) is 25.7. The number of cyclic esters (lactones) is 1. The summed E-state index contributed by atoms with van der Waals surface area (Å²) in [5.74, 6) is -1.91. The standard InChI is InChI=1S/C30H50F3N3O7/c1-39-24-18-22-19-25(27(24)40-2)41-16-3-6-23(43-29(38)21-7-9-34-26(20-21)30(31,32)33)8-13-36-11-4-10-35(14-15-36)12-5-17-42-28(22)37/h21-27,34H,3-20H2,1-2H3. The van der Waals surface area contributed by atoms with Gasteiger partial charge in [0.05, 0.1) is 30.7 Å². The first-order chi connectivity index (χ1) is 20.7. The lowest BCUT2D eigenvalue weighted by Gasteiger charge is -2.39. The SMILES string of the molecule is COC1CC2CC(OCCCC(OC(=O)C3CCNC(C(F)(F)F)C3)CCN3CCCN(CCCOC2=O)CC3)C1OC. The maximum Gasteiger partial charge on any atom is 0.403 e. The predicted octanol–water partition coefficient (Wildman–Crippen LogP) is 2.78. The number of nitrogens with one attached hydrogen (secondary N) is 1. The van der Waals surface area contributed by atoms with Crippen LogP contribution in [0.3, 0.4) is 0 Å². The average Bonchev–Trinajstić information content (AvgIpc) is 3.23. The minimum absolute atomic E-state index is 0.131. The van der Waals surface area contributed by atoms with Gasteiger partial charge in [0.1, 0.15) is 18.2 Å². The number of halogens is 3. The van der Waals surface area contributed by atoms with Crippen molar-refractivity contribution in [1.29, 1.82) is 0 Å². The number of hydrogen-bond acceptors (Lipinski definition) is 10. The summed E-state index contributed by atoms with van der Waals surface area (Å²) in [5, 5.41) is 2.48. The molecule has 4 rings (SSSR count). The molecule has 0 spiro atoms. The summed E-state index contributed by atoms with van der Waals surface area (Å²) in [6.45, 7) is 6.13. The molecule has 13 heteroatoms. The van der Waals surface area contributed by atoms with Crippen molar-refractivity contribution in [1.82, 2.24) is 15.1 Å². The third-order valence-corrected chi connectivity index (χ3v) is 9.40. The number of hydrogen-bond donors (Lipinski definition) is 1. The highest BCUT2D eigenvalue weighted by Crippen LogP contribution is 2.33. The number of carbonyl (C=O) groups excluding carboxylic acids is 2. The number of methoxy groups -OCH3 is 2. The fourth-order valence-corrected chi connectivity index (χ4v) is 6.88. The molecule has 9 unspecified atom stereocenters. The fourth-order valence-electron chi connectivity index (χ4n) is 6.88. The lowest BCUT2D eigenvalue weighted by Crippen LogP contribution is -2.49. The minimum Gasteiger partial charge on any atom is -0.465 e. The van der Waals surface area contributed by atoms with Gasteiger partial charge in [0, 0.05) is 47.0 Å². The number of carbonyl (C=O) groups is 2. The molecule has 1 saturated carbocycles. The highest BCUT2D eigenvalue weighted by Gasteiger charge is 2.45. The van der Waals surface area contributed by atoms with E-state index in [4.69, 9.17) is 23.7 Å². The van der Waals surface area contributed by atoms with Crippen molar-refractivity contribution in [3.8, 4) is 0 Å². The molecule has 1 N–H and O–H groups in total. The summed E-state index contributed by atoms with van der Waals surface area (Å²) in [5.41, 5.74) is 0. The van der Waals surface area contributed by atoms with Gasteiger partial charge < -0.3 is 38.8 Å². The summed E-state index contributed by atoms with van der Waals surface area (Å²) < 4.78 is 69.2. The van der Waals surface area contributed by atoms with Crippen molar-refractivity contribution >= 4 is 11.9 Å². The molecule has 248 valence electrons. The molecule has 9 atom stereocenters. The molecule has 3 heterocycles. The van der Waals surface area contributed by atoms with Crippen molar-refractivity contribution in [3.63, 3.8) is 0 Å². The van der Waals surface area contributed by atoms with Gasteiger partial charge in [0.2, 0.25) is 0 Å². The molecule has 0 radical (unpaired) electrons. The van der Waals surface area contributed by atoms with E-state index in [9.17, 15) is 22.8 Å². The van der Waals surface area contributed by atoms with Crippen molar-refractivity contribution < 1.29 is 46.4 Å². The molecule has 0 amide bonds. The Labute approximate surface area is 253 Å². The molecule has 0 aromatic heterocycles. The second-order valence-corrected chi connectivity index (χ2v) is 12.4. The normalized spacial score (nSPS) is 37.7. The van der Waals surface area contributed by atoms with E-state index in [0.717, 1.165) is 52.1 Å². The third-order valence-electron chi connectivity index (χ3n) is 9.40. The van der Waals surface area contributed by atoms with E-state index in [1.165, 1.54) is 0 Å². The largest absolute Gasteiger partial charge is 0.465 e. The first-order valence-corrected chi connectivity index (χ1v) is 16.0. The third kappa shape index (κ3) is 10.3. The van der Waals surface area contributed by atoms with Crippen LogP contribution in [0.25, 0.3) is 0 Å². The number of ether oxygens (including phenoxy) is 5. The summed E-state index contributed by atoms with van der Waals surface area (Å²) in [7, 11) is 3.21. The van der Waals surface area contributed by atoms with Crippen LogP contribution >= 0.6 is 0 Å². The fraction of sp³-hybridized carbons (Fsp3) is 0.933. The van der Waals surface area contributed by atoms with Crippen LogP contribution in [0, 0.1) is 11.8 Å². The minimum atomic E-state index is -4.40. The number of rotatable bonds is 4. The van der Waals surface area contributed by atoms with Gasteiger partial charge in [-0.1, -0.05) is 0 Å². The molecular formula is C30H50F3N3O7. The van der Waals surface area contributed by atoms with Crippen LogP contribution in [0.15, 0.2) is 0 Å². The zero-order chi connectivity index (χ0) is 30.8. The number of piperidine rings is 1. The number of nitrogens with zero attached hydrogens (tertiary/aromatic N) is 2. The quantitative estimate of drug-likeness (QED) is 0.472. The number of alkyl halides is 3. The van der Waals surface area contributed by atoms with E-state index in [-0.39, 0.29) is 43.2 Å². The molecule has 10 nitrogen and oxygen atoms in total. The van der Waals surface area contributed by atoms with Crippen LogP contribution in [-0.4, -0.2) is 132 Å². The molecule has 4 fully saturated rings. The summed E-state index contributed by atoms with van der Waals surface area (Å²) in [6, 6.07) is -1.69. The highest BCUT2D eigenvalue weighted by atomic mass is 19.4. The summed E-state index contributed by atoms with van der Waals surface area (Å²) in [6.07, 6.45) is -1.34. The average molecular weight is 622 g/mol. The van der Waals surface area contributed by atoms with E-state index in [2.05, 4.69) is 15.1 Å². The van der Waals surface area contributed by atoms with Gasteiger partial charge >= 0.3 is 18.1 Å². The van der Waals surface area contributed by atoms with Crippen molar-refractivity contribution in [2.24, 2.45) is 11.8 Å². The molecule has 3 aliphatic heterocycles. The molecule has 4 aliphatic rings. The highest BCUT2D eigenvalue weighted by molar-refractivity contribution is 5.73. The number of esters is 2. The van der Waals surface area contributed by atoms with E-state index in [1.54, 1.807) is 14.2 Å². The lowest BCUT2D eigenvalue weighted by molar-refractivity contribution is -0.173. The van der Waals surface area contributed by atoms with E-state index < -0.39 is 30.2 Å². The van der Waals surface area contributed by atoms with Crippen molar-refractivity contribution in [3.05, 3.63) is 0 Å². The topological polar surface area (TPSA) is 98.8 Å². The molecule has 1 aliphatic carbocycles. The summed E-state index contributed by atoms with van der Waals surface area (Å²) >= 11 is 0. The monoisotopic (exact) mass is 621 g/mol. The van der Waals surface area contributed by atoms with Crippen LogP contribution in [0.2, 0.25) is 0 Å². The molecule has 4 bridgehead atoms. The van der Waals surface area contributed by atoms with Gasteiger partial charge in [-0.15, -0.1) is 0 Å². The second kappa shape index (κ2) is 16.7. The van der Waals surface area contributed by atoms with Crippen LogP contribution in [0.5, 0.6) is 0 Å². The van der Waals surface area contributed by atoms with Gasteiger partial charge in [-0.25, -0.2) is 0 Å². The Morgan fingerprint density at radius 2 is 1.63 bits per heavy atom. The van der Waals surface area contributed by atoms with Gasteiger partial charge in [-0.3, -0.25) is 9.59 Å². The van der Waals surface area contributed by atoms with Crippen LogP contribution < -0.4 is 5.32 Å². The Morgan fingerprint density at radius 1 is 0.884 bits per heavy atom. The van der Waals surface area contributed by atoms with Gasteiger partial charge in [-0.05, 0) is 77.4 Å². The number of fused-ring (bicyclic) bond motifs is 5. The Kier molecular flexibility index (Phi) is 13.3. The van der Waals surface area contributed by atoms with Crippen LogP contribution in [0.1, 0.15) is 57.8 Å². The maximum atomic E-state index is 13.3. The summed E-state index contributed by atoms with van der Waals surface area (Å²) in [4.78, 5) is 30.8. The zero-order valence-corrected chi connectivity index (χ0v) is 25.7. The Bertz CT molecular complexity index is 882. The van der Waals surface area contributed by atoms with Crippen molar-refractivity contribution in [2.45, 2.75) is 94.4 Å². The molecule has 43 heavy (non-hydrogen) atoms. The smallest absolute Gasteiger partial charge is 0.403 e. The molecule has 0 aromatic rings. The van der Waals surface area contributed by atoms with E-state index in [1.807, 2.05) is 0 Å². The Hall–Kier alpha value is -1.51. The first-order valence-electron chi connectivity index (χ1n) is 16.0. The van der Waals surface area contributed by atoms with Gasteiger partial charge in [-0.2, -0.15) is 13.2 Å². The second-order valence-electron chi connectivity index (χ2n) is 12.4. The van der Waals surface area contributed by atoms with Gasteiger partial charge in [0.25, 0.3) is 0 Å². The maximum absolute atomic E-state index is 13.3. The van der Waals surface area contributed by atoms with E-state index in [0.29, 0.717) is 51.7 Å². The molecular weight excluding hydrogens is 571 g/mol. The van der Waals surface area contributed by atoms with Gasteiger partial charge in [0.15, 0.2) is 0 Å². The van der Waals surface area contributed by atoms with E-state index >= 15 is 0 Å². The van der Waals surface area contributed by atoms with Crippen LogP contribution in [0.4, 0.5) is 13.2 Å². The van der Waals surface area contributed by atoms with Crippen molar-refractivity contribution in [2.75, 3.05) is 73.2 Å². The lowest BCUT2D eigenvalue weighted by atomic mass is 9.83. The molecule has 3 saturated heterocycles. The Morgan fingerprint density at radius 3 is 2.35 bits per heavy atom. The Balaban J connectivity index is 1.42.